The van der Waals surface area contributed by atoms with E-state index in [0.717, 1.165) is 11.1 Å². The lowest BCUT2D eigenvalue weighted by atomic mass is 9.82. The lowest BCUT2D eigenvalue weighted by Gasteiger charge is -2.48. The van der Waals surface area contributed by atoms with Crippen LogP contribution in [0.25, 0.3) is 11.4 Å². The van der Waals surface area contributed by atoms with E-state index in [-0.39, 0.29) is 24.7 Å². The molecule has 2 fully saturated rings. The predicted octanol–water partition coefficient (Wildman–Crippen LogP) is 1.63. The number of likely N-dealkylation sites (tertiary alicyclic amines) is 1. The Hall–Kier alpha value is -3.14. The molecule has 0 aromatic carbocycles. The number of hydrogen-bond acceptors (Lipinski definition) is 8. The molecule has 1 spiro atoms. The van der Waals surface area contributed by atoms with Crippen LogP contribution < -0.4 is 0 Å². The average Bonchev–Trinajstić information content (AvgIpc) is 3.29. The van der Waals surface area contributed by atoms with E-state index < -0.39 is 20.5 Å². The number of hydrogen-bond donors (Lipinski definition) is 0. The van der Waals surface area contributed by atoms with Gasteiger partial charge in [0.1, 0.15) is 10.4 Å². The Kier molecular flexibility index (Phi) is 4.21. The summed E-state index contributed by atoms with van der Waals surface area (Å²) >= 11 is 0. The highest BCUT2D eigenvalue weighted by atomic mass is 32.2. The van der Waals surface area contributed by atoms with Crippen LogP contribution in [-0.4, -0.2) is 62.9 Å². The number of carbonyl (C=O) groups excluding carboxylic acids is 1. The second-order valence-electron chi connectivity index (χ2n) is 7.75. The van der Waals surface area contributed by atoms with Crippen LogP contribution in [-0.2, 0) is 9.84 Å². The highest BCUT2D eigenvalue weighted by molar-refractivity contribution is 7.93. The molecule has 3 aromatic heterocycles. The maximum absolute atomic E-state index is 12.9. The fraction of sp³-hybridized carbons (Fsp3) is 0.350. The molecule has 2 aliphatic rings. The minimum Gasteiger partial charge on any atom is -0.339 e. The van der Waals surface area contributed by atoms with E-state index in [1.54, 1.807) is 36.8 Å². The molecule has 0 radical (unpaired) electrons. The highest BCUT2D eigenvalue weighted by Crippen LogP contribution is 2.49. The van der Waals surface area contributed by atoms with Crippen molar-refractivity contribution in [2.75, 3.05) is 18.8 Å². The molecule has 154 valence electrons. The molecule has 1 unspecified atom stereocenters. The summed E-state index contributed by atoms with van der Waals surface area (Å²) in [5.74, 6) is 0.0178. The van der Waals surface area contributed by atoms with Gasteiger partial charge in [0.25, 0.3) is 5.91 Å². The van der Waals surface area contributed by atoms with Crippen molar-refractivity contribution >= 4 is 15.7 Å². The Labute approximate surface area is 173 Å². The monoisotopic (exact) mass is 425 g/mol. The molecule has 1 amide bonds. The Bertz CT molecular complexity index is 1220. The number of pyridine rings is 2. The summed E-state index contributed by atoms with van der Waals surface area (Å²) in [7, 11) is -3.41. The molecule has 0 bridgehead atoms. The highest BCUT2D eigenvalue weighted by Gasteiger charge is 2.64. The van der Waals surface area contributed by atoms with Crippen LogP contribution in [0.15, 0.2) is 47.4 Å². The lowest BCUT2D eigenvalue weighted by molar-refractivity contribution is 0.0497. The second kappa shape index (κ2) is 6.69. The third-order valence-electron chi connectivity index (χ3n) is 6.02. The first kappa shape index (κ1) is 18.9. The second-order valence-corrected chi connectivity index (χ2v) is 10.2. The summed E-state index contributed by atoms with van der Waals surface area (Å²) in [6.07, 6.45) is 5.21. The molecule has 5 heterocycles. The van der Waals surface area contributed by atoms with Gasteiger partial charge in [0, 0.05) is 37.2 Å². The van der Waals surface area contributed by atoms with Crippen LogP contribution in [0.3, 0.4) is 0 Å². The SMILES string of the molecule is Cc1cccnc1C(=O)N1CC2(C1)C(c1nc(-c3ccncc3)no1)CCS2(=O)=O. The quantitative estimate of drug-likeness (QED) is 0.621. The van der Waals surface area contributed by atoms with E-state index in [1.807, 2.05) is 13.0 Å². The summed E-state index contributed by atoms with van der Waals surface area (Å²) in [5, 5.41) is 4.02. The lowest BCUT2D eigenvalue weighted by Crippen LogP contribution is -2.67. The first-order valence-electron chi connectivity index (χ1n) is 9.58. The standard InChI is InChI=1S/C20H19N5O4S/c1-13-3-2-7-22-16(13)19(26)25-11-20(12-25)15(6-10-30(20,27)28)18-23-17(24-29-18)14-4-8-21-9-5-14/h2-5,7-9,15H,6,10-12H2,1H3. The zero-order valence-corrected chi connectivity index (χ0v) is 17.0. The van der Waals surface area contributed by atoms with Gasteiger partial charge in [-0.15, -0.1) is 0 Å². The van der Waals surface area contributed by atoms with Crippen LogP contribution >= 0.6 is 0 Å². The van der Waals surface area contributed by atoms with Gasteiger partial charge in [-0.1, -0.05) is 11.2 Å². The van der Waals surface area contributed by atoms with Crippen molar-refractivity contribution in [1.29, 1.82) is 0 Å². The van der Waals surface area contributed by atoms with Crippen molar-refractivity contribution in [3.05, 3.63) is 60.0 Å². The van der Waals surface area contributed by atoms with Gasteiger partial charge in [0.2, 0.25) is 11.7 Å². The summed E-state index contributed by atoms with van der Waals surface area (Å²) < 4.78 is 30.3. The van der Waals surface area contributed by atoms with E-state index in [0.29, 0.717) is 23.8 Å². The third kappa shape index (κ3) is 2.74. The Morgan fingerprint density at radius 2 is 1.97 bits per heavy atom. The van der Waals surface area contributed by atoms with Crippen molar-refractivity contribution in [1.82, 2.24) is 25.0 Å². The first-order valence-corrected chi connectivity index (χ1v) is 11.2. The molecule has 1 atom stereocenters. The predicted molar refractivity (Wildman–Crippen MR) is 106 cm³/mol. The number of aromatic nitrogens is 4. The van der Waals surface area contributed by atoms with Crippen LogP contribution in [0.1, 0.15) is 34.3 Å². The molecule has 9 nitrogen and oxygen atoms in total. The molecule has 0 saturated carbocycles. The zero-order valence-electron chi connectivity index (χ0n) is 16.2. The van der Waals surface area contributed by atoms with Gasteiger partial charge in [0.15, 0.2) is 9.84 Å². The van der Waals surface area contributed by atoms with Crippen molar-refractivity contribution in [3.63, 3.8) is 0 Å². The van der Waals surface area contributed by atoms with Crippen LogP contribution in [0, 0.1) is 6.92 Å². The molecular formula is C20H19N5O4S. The van der Waals surface area contributed by atoms with E-state index in [1.165, 1.54) is 4.90 Å². The molecule has 2 aliphatic heterocycles. The molecule has 30 heavy (non-hydrogen) atoms. The summed E-state index contributed by atoms with van der Waals surface area (Å²) in [6, 6.07) is 7.09. The maximum atomic E-state index is 12.9. The Balaban J connectivity index is 1.43. The third-order valence-corrected chi connectivity index (χ3v) is 8.58. The maximum Gasteiger partial charge on any atom is 0.272 e. The van der Waals surface area contributed by atoms with Gasteiger partial charge in [-0.05, 0) is 37.1 Å². The fourth-order valence-electron chi connectivity index (χ4n) is 4.32. The van der Waals surface area contributed by atoms with E-state index >= 15 is 0 Å². The van der Waals surface area contributed by atoms with Gasteiger partial charge in [0.05, 0.1) is 11.7 Å². The number of amides is 1. The van der Waals surface area contributed by atoms with Crippen LogP contribution in [0.5, 0.6) is 0 Å². The molecule has 2 saturated heterocycles. The number of sulfone groups is 1. The molecule has 0 aliphatic carbocycles. The molecule has 3 aromatic rings. The van der Waals surface area contributed by atoms with Gasteiger partial charge >= 0.3 is 0 Å². The van der Waals surface area contributed by atoms with Crippen LogP contribution in [0.4, 0.5) is 0 Å². The minimum absolute atomic E-state index is 0.0370. The van der Waals surface area contributed by atoms with Crippen molar-refractivity contribution in [2.45, 2.75) is 24.0 Å². The smallest absolute Gasteiger partial charge is 0.272 e. The number of rotatable bonds is 3. The van der Waals surface area contributed by atoms with Gasteiger partial charge < -0.3 is 9.42 Å². The fourth-order valence-corrected chi connectivity index (χ4v) is 6.63. The van der Waals surface area contributed by atoms with E-state index in [9.17, 15) is 13.2 Å². The number of nitrogens with zero attached hydrogens (tertiary/aromatic N) is 5. The number of carbonyl (C=O) groups is 1. The molecule has 10 heteroatoms. The summed E-state index contributed by atoms with van der Waals surface area (Å²) in [4.78, 5) is 27.0. The molecule has 0 N–H and O–H groups in total. The zero-order chi connectivity index (χ0) is 20.9. The van der Waals surface area contributed by atoms with Gasteiger partial charge in [-0.3, -0.25) is 14.8 Å². The Morgan fingerprint density at radius 1 is 1.20 bits per heavy atom. The van der Waals surface area contributed by atoms with Crippen molar-refractivity contribution < 1.29 is 17.7 Å². The first-order chi connectivity index (χ1) is 14.4. The number of aryl methyl sites for hydroxylation is 1. The Morgan fingerprint density at radius 3 is 2.70 bits per heavy atom. The largest absolute Gasteiger partial charge is 0.339 e. The van der Waals surface area contributed by atoms with E-state index in [2.05, 4.69) is 20.1 Å². The van der Waals surface area contributed by atoms with Gasteiger partial charge in [-0.25, -0.2) is 8.42 Å². The van der Waals surface area contributed by atoms with Crippen LogP contribution in [0.2, 0.25) is 0 Å². The van der Waals surface area contributed by atoms with Crippen molar-refractivity contribution in [2.24, 2.45) is 0 Å². The summed E-state index contributed by atoms with van der Waals surface area (Å²) in [5.41, 5.74) is 1.84. The van der Waals surface area contributed by atoms with E-state index in [4.69, 9.17) is 4.52 Å². The molecule has 5 rings (SSSR count). The minimum atomic E-state index is -3.41. The normalized spacial score (nSPS) is 21.5. The topological polar surface area (TPSA) is 119 Å². The van der Waals surface area contributed by atoms with Crippen molar-refractivity contribution in [3.8, 4) is 11.4 Å². The summed E-state index contributed by atoms with van der Waals surface area (Å²) in [6.45, 7) is 2.01. The van der Waals surface area contributed by atoms with Gasteiger partial charge in [-0.2, -0.15) is 4.98 Å². The molecular weight excluding hydrogens is 406 g/mol. The average molecular weight is 425 g/mol.